The zero-order valence-electron chi connectivity index (χ0n) is 19.4. The van der Waals surface area contributed by atoms with Crippen molar-refractivity contribution in [3.8, 4) is 11.5 Å². The Morgan fingerprint density at radius 1 is 1.18 bits per heavy atom. The molecule has 8 nitrogen and oxygen atoms in total. The van der Waals surface area contributed by atoms with Gasteiger partial charge in [0.2, 0.25) is 12.7 Å². The maximum atomic E-state index is 13.5. The molecule has 34 heavy (non-hydrogen) atoms. The minimum absolute atomic E-state index is 0.114. The number of carbonyl (C=O) groups is 2. The average Bonchev–Trinajstić information content (AvgIpc) is 3.48. The zero-order chi connectivity index (χ0) is 24.1. The number of aliphatic hydroxyl groups is 1. The number of hydrogen-bond acceptors (Lipinski definition) is 6. The fourth-order valence-corrected chi connectivity index (χ4v) is 4.35. The quantitative estimate of drug-likeness (QED) is 0.395. The Morgan fingerprint density at radius 2 is 1.97 bits per heavy atom. The van der Waals surface area contributed by atoms with E-state index in [2.05, 4.69) is 10.3 Å². The van der Waals surface area contributed by atoms with E-state index < -0.39 is 29.9 Å². The van der Waals surface area contributed by atoms with E-state index in [9.17, 15) is 14.7 Å². The third-order valence-electron chi connectivity index (χ3n) is 6.18. The van der Waals surface area contributed by atoms with Crippen LogP contribution in [0.1, 0.15) is 43.2 Å². The number of hydrogen-bond donors (Lipinski definition) is 3. The maximum absolute atomic E-state index is 13.5. The van der Waals surface area contributed by atoms with Gasteiger partial charge in [-0.25, -0.2) is 4.79 Å². The van der Waals surface area contributed by atoms with Crippen molar-refractivity contribution < 1.29 is 28.9 Å². The number of unbranched alkanes of at least 4 members (excludes halogenated alkanes) is 1. The van der Waals surface area contributed by atoms with Crippen LogP contribution in [0.15, 0.2) is 48.7 Å². The molecule has 0 saturated carbocycles. The van der Waals surface area contributed by atoms with Gasteiger partial charge < -0.3 is 29.6 Å². The molecule has 0 radical (unpaired) electrons. The van der Waals surface area contributed by atoms with Gasteiger partial charge in [-0.3, -0.25) is 4.79 Å². The van der Waals surface area contributed by atoms with Crippen LogP contribution in [0.2, 0.25) is 0 Å². The van der Waals surface area contributed by atoms with E-state index in [1.54, 1.807) is 18.2 Å². The van der Waals surface area contributed by atoms with E-state index in [4.69, 9.17) is 14.2 Å². The van der Waals surface area contributed by atoms with Crippen molar-refractivity contribution in [1.29, 1.82) is 0 Å². The highest BCUT2D eigenvalue weighted by atomic mass is 16.7. The molecule has 0 fully saturated rings. The first kappa shape index (κ1) is 23.6. The molecule has 1 aliphatic rings. The van der Waals surface area contributed by atoms with Gasteiger partial charge in [-0.1, -0.05) is 44.0 Å². The summed E-state index contributed by atoms with van der Waals surface area (Å²) in [4.78, 5) is 29.3. The van der Waals surface area contributed by atoms with Gasteiger partial charge in [0.05, 0.1) is 19.1 Å². The van der Waals surface area contributed by atoms with Gasteiger partial charge in [-0.15, -0.1) is 0 Å². The smallest absolute Gasteiger partial charge is 0.328 e. The van der Waals surface area contributed by atoms with Crippen LogP contribution >= 0.6 is 0 Å². The largest absolute Gasteiger partial charge is 0.467 e. The Labute approximate surface area is 198 Å². The Hall–Kier alpha value is -3.52. The number of esters is 1. The number of H-pyrrole nitrogens is 1. The number of carbonyl (C=O) groups excluding carboxylic acids is 2. The lowest BCUT2D eigenvalue weighted by Gasteiger charge is -2.25. The van der Waals surface area contributed by atoms with Crippen LogP contribution < -0.4 is 14.8 Å². The van der Waals surface area contributed by atoms with Crippen LogP contribution in [-0.2, 0) is 20.7 Å². The molecule has 8 heteroatoms. The van der Waals surface area contributed by atoms with Gasteiger partial charge in [-0.05, 0) is 35.7 Å². The first-order valence-corrected chi connectivity index (χ1v) is 11.5. The lowest BCUT2D eigenvalue weighted by molar-refractivity contribution is -0.145. The molecule has 4 rings (SSSR count). The van der Waals surface area contributed by atoms with E-state index in [1.165, 1.54) is 7.11 Å². The van der Waals surface area contributed by atoms with Crippen molar-refractivity contribution in [2.75, 3.05) is 13.9 Å². The molecule has 3 aromatic rings. The highest BCUT2D eigenvalue weighted by Crippen LogP contribution is 2.36. The fraction of sp³-hybridized carbons (Fsp3) is 0.385. The molecule has 0 aliphatic carbocycles. The van der Waals surface area contributed by atoms with Crippen LogP contribution in [0.4, 0.5) is 0 Å². The predicted molar refractivity (Wildman–Crippen MR) is 127 cm³/mol. The summed E-state index contributed by atoms with van der Waals surface area (Å²) >= 11 is 0. The number of para-hydroxylation sites is 1. The second-order valence-electron chi connectivity index (χ2n) is 8.45. The van der Waals surface area contributed by atoms with Gasteiger partial charge in [0.1, 0.15) is 6.04 Å². The number of rotatable bonds is 10. The van der Waals surface area contributed by atoms with Crippen molar-refractivity contribution in [2.45, 2.75) is 50.7 Å². The standard InChI is InChI=1S/C26H30N2O6/c1-3-4-9-21(29)24(16-10-11-22-23(13-16)34-15-33-22)25(30)28-20(26(31)32-2)12-17-14-27-19-8-6-5-7-18(17)19/h5-8,10-11,13-14,20-21,24,27,29H,3-4,9,12,15H2,1-2H3,(H,28,30)/t20-,21?,24?/m0/s1. The van der Waals surface area contributed by atoms with Crippen LogP contribution in [0, 0.1) is 0 Å². The Morgan fingerprint density at radius 3 is 2.76 bits per heavy atom. The number of aromatic nitrogens is 1. The Bertz CT molecular complexity index is 1160. The summed E-state index contributed by atoms with van der Waals surface area (Å²) < 4.78 is 15.8. The molecule has 2 unspecified atom stereocenters. The van der Waals surface area contributed by atoms with Gasteiger partial charge in [-0.2, -0.15) is 0 Å². The first-order valence-electron chi connectivity index (χ1n) is 11.5. The van der Waals surface area contributed by atoms with Crippen molar-refractivity contribution >= 4 is 22.8 Å². The summed E-state index contributed by atoms with van der Waals surface area (Å²) in [6.45, 7) is 2.14. The van der Waals surface area contributed by atoms with Crippen LogP contribution in [0.5, 0.6) is 11.5 Å². The summed E-state index contributed by atoms with van der Waals surface area (Å²) in [7, 11) is 1.29. The monoisotopic (exact) mass is 466 g/mol. The SMILES string of the molecule is CCCCC(O)C(C(=O)N[C@@H](Cc1c[nH]c2ccccc12)C(=O)OC)c1ccc2c(c1)OCO2. The van der Waals surface area contributed by atoms with Crippen molar-refractivity contribution in [1.82, 2.24) is 10.3 Å². The van der Waals surface area contributed by atoms with Crippen molar-refractivity contribution in [3.63, 3.8) is 0 Å². The first-order chi connectivity index (χ1) is 16.5. The summed E-state index contributed by atoms with van der Waals surface area (Å²) in [6.07, 6.45) is 3.27. The second-order valence-corrected chi connectivity index (χ2v) is 8.45. The molecule has 1 aromatic heterocycles. The van der Waals surface area contributed by atoms with Crippen molar-refractivity contribution in [3.05, 3.63) is 59.8 Å². The maximum Gasteiger partial charge on any atom is 0.328 e. The van der Waals surface area contributed by atoms with Gasteiger partial charge in [0.25, 0.3) is 0 Å². The lowest BCUT2D eigenvalue weighted by atomic mass is 9.89. The topological polar surface area (TPSA) is 110 Å². The number of nitrogens with one attached hydrogen (secondary N) is 2. The number of benzene rings is 2. The third kappa shape index (κ3) is 5.02. The molecule has 2 aromatic carbocycles. The van der Waals surface area contributed by atoms with E-state index >= 15 is 0 Å². The summed E-state index contributed by atoms with van der Waals surface area (Å²) in [5, 5.41) is 14.8. The summed E-state index contributed by atoms with van der Waals surface area (Å²) in [5.74, 6) is -0.751. The highest BCUT2D eigenvalue weighted by Gasteiger charge is 2.33. The molecule has 3 atom stereocenters. The molecule has 180 valence electrons. The number of aliphatic hydroxyl groups excluding tert-OH is 1. The summed E-state index contributed by atoms with van der Waals surface area (Å²) in [6, 6.07) is 12.0. The molecule has 1 aliphatic heterocycles. The van der Waals surface area contributed by atoms with Crippen LogP contribution in [-0.4, -0.2) is 48.0 Å². The zero-order valence-corrected chi connectivity index (χ0v) is 19.4. The number of fused-ring (bicyclic) bond motifs is 2. The Balaban J connectivity index is 1.60. The molecule has 0 saturated heterocycles. The van der Waals surface area contributed by atoms with E-state index in [0.717, 1.165) is 29.3 Å². The van der Waals surface area contributed by atoms with Crippen LogP contribution in [0.3, 0.4) is 0 Å². The molecular formula is C26H30N2O6. The molecule has 0 bridgehead atoms. The molecule has 2 heterocycles. The van der Waals surface area contributed by atoms with Gasteiger partial charge in [0, 0.05) is 23.5 Å². The predicted octanol–water partition coefficient (Wildman–Crippen LogP) is 3.43. The number of aromatic amines is 1. The molecule has 0 spiro atoms. The number of methoxy groups -OCH3 is 1. The third-order valence-corrected chi connectivity index (χ3v) is 6.18. The molecular weight excluding hydrogens is 436 g/mol. The lowest BCUT2D eigenvalue weighted by Crippen LogP contribution is -2.47. The fourth-order valence-electron chi connectivity index (χ4n) is 4.35. The molecule has 3 N–H and O–H groups in total. The number of amides is 1. The van der Waals surface area contributed by atoms with E-state index in [-0.39, 0.29) is 13.2 Å². The van der Waals surface area contributed by atoms with E-state index in [1.807, 2.05) is 37.4 Å². The second kappa shape index (κ2) is 10.6. The summed E-state index contributed by atoms with van der Waals surface area (Å²) in [5.41, 5.74) is 2.43. The van der Waals surface area contributed by atoms with E-state index in [0.29, 0.717) is 23.5 Å². The average molecular weight is 467 g/mol. The minimum atomic E-state index is -0.924. The van der Waals surface area contributed by atoms with Gasteiger partial charge >= 0.3 is 5.97 Å². The molecule has 1 amide bonds. The highest BCUT2D eigenvalue weighted by molar-refractivity contribution is 5.90. The minimum Gasteiger partial charge on any atom is -0.467 e. The van der Waals surface area contributed by atoms with Gasteiger partial charge in [0.15, 0.2) is 11.5 Å². The number of ether oxygens (including phenoxy) is 3. The normalized spacial score (nSPS) is 15.0. The Kier molecular flexibility index (Phi) is 7.37. The van der Waals surface area contributed by atoms with Crippen LogP contribution in [0.25, 0.3) is 10.9 Å². The van der Waals surface area contributed by atoms with Crippen molar-refractivity contribution in [2.24, 2.45) is 0 Å².